The lowest BCUT2D eigenvalue weighted by atomic mass is 10.1. The summed E-state index contributed by atoms with van der Waals surface area (Å²) in [5, 5.41) is 2.69. The minimum Gasteiger partial charge on any atom is -0.364 e. The Morgan fingerprint density at radius 1 is 1.56 bits per heavy atom. The molecule has 0 bridgehead atoms. The topological polar surface area (TPSA) is 64.4 Å². The fraction of sp³-hybridized carbons (Fsp3) is 0.462. The number of carbonyl (C=O) groups is 1. The third kappa shape index (κ3) is 2.86. The van der Waals surface area contributed by atoms with Crippen LogP contribution in [-0.4, -0.2) is 24.7 Å². The SMILES string of the molecule is Cc1ccc(F)cc1NC(=O)[C@@H]1CC[C@H](CN)O1. The van der Waals surface area contributed by atoms with Crippen LogP contribution in [0.3, 0.4) is 0 Å². The van der Waals surface area contributed by atoms with Gasteiger partial charge in [0, 0.05) is 12.2 Å². The Morgan fingerprint density at radius 3 is 3.00 bits per heavy atom. The molecule has 0 unspecified atom stereocenters. The lowest BCUT2D eigenvalue weighted by molar-refractivity contribution is -0.126. The van der Waals surface area contributed by atoms with Crippen molar-refractivity contribution in [3.8, 4) is 0 Å². The molecule has 2 atom stereocenters. The number of benzene rings is 1. The van der Waals surface area contributed by atoms with Crippen LogP contribution >= 0.6 is 0 Å². The van der Waals surface area contributed by atoms with Crippen LogP contribution in [0.1, 0.15) is 18.4 Å². The van der Waals surface area contributed by atoms with Crippen molar-refractivity contribution in [1.29, 1.82) is 0 Å². The van der Waals surface area contributed by atoms with Crippen molar-refractivity contribution < 1.29 is 13.9 Å². The molecule has 0 spiro atoms. The molecule has 0 radical (unpaired) electrons. The Hall–Kier alpha value is -1.46. The van der Waals surface area contributed by atoms with Crippen molar-refractivity contribution in [1.82, 2.24) is 0 Å². The first-order chi connectivity index (χ1) is 8.60. The number of rotatable bonds is 3. The van der Waals surface area contributed by atoms with E-state index in [1.807, 2.05) is 6.92 Å². The predicted octanol–water partition coefficient (Wildman–Crippen LogP) is 1.58. The number of anilines is 1. The Kier molecular flexibility index (Phi) is 3.93. The molecule has 1 aliphatic heterocycles. The highest BCUT2D eigenvalue weighted by Crippen LogP contribution is 2.22. The molecule has 1 saturated heterocycles. The molecule has 5 heteroatoms. The molecule has 1 aliphatic rings. The number of amides is 1. The van der Waals surface area contributed by atoms with Crippen LogP contribution in [0.4, 0.5) is 10.1 Å². The van der Waals surface area contributed by atoms with E-state index in [0.29, 0.717) is 18.7 Å². The maximum Gasteiger partial charge on any atom is 0.253 e. The van der Waals surface area contributed by atoms with Gasteiger partial charge in [-0.25, -0.2) is 4.39 Å². The minimum absolute atomic E-state index is 0.0469. The molecular formula is C13H17FN2O2. The van der Waals surface area contributed by atoms with Crippen LogP contribution in [0.5, 0.6) is 0 Å². The number of aryl methyl sites for hydroxylation is 1. The second-order valence-corrected chi connectivity index (χ2v) is 4.51. The van der Waals surface area contributed by atoms with E-state index in [1.165, 1.54) is 12.1 Å². The highest BCUT2D eigenvalue weighted by molar-refractivity contribution is 5.94. The van der Waals surface area contributed by atoms with Gasteiger partial charge in [-0.2, -0.15) is 0 Å². The van der Waals surface area contributed by atoms with Crippen LogP contribution in [0.2, 0.25) is 0 Å². The smallest absolute Gasteiger partial charge is 0.253 e. The molecule has 3 N–H and O–H groups in total. The molecule has 1 amide bonds. The van der Waals surface area contributed by atoms with E-state index < -0.39 is 6.10 Å². The maximum atomic E-state index is 13.1. The second-order valence-electron chi connectivity index (χ2n) is 4.51. The zero-order valence-corrected chi connectivity index (χ0v) is 10.3. The summed E-state index contributed by atoms with van der Waals surface area (Å²) >= 11 is 0. The lowest BCUT2D eigenvalue weighted by Crippen LogP contribution is -2.30. The fourth-order valence-corrected chi connectivity index (χ4v) is 2.01. The second kappa shape index (κ2) is 5.46. The summed E-state index contributed by atoms with van der Waals surface area (Å²) < 4.78 is 18.6. The van der Waals surface area contributed by atoms with E-state index in [9.17, 15) is 9.18 Å². The largest absolute Gasteiger partial charge is 0.364 e. The van der Waals surface area contributed by atoms with Gasteiger partial charge in [-0.1, -0.05) is 6.07 Å². The van der Waals surface area contributed by atoms with E-state index in [0.717, 1.165) is 12.0 Å². The fourth-order valence-electron chi connectivity index (χ4n) is 2.01. The van der Waals surface area contributed by atoms with Gasteiger partial charge in [0.1, 0.15) is 11.9 Å². The van der Waals surface area contributed by atoms with Gasteiger partial charge in [-0.3, -0.25) is 4.79 Å². The van der Waals surface area contributed by atoms with Crippen molar-refractivity contribution in [2.24, 2.45) is 5.73 Å². The van der Waals surface area contributed by atoms with E-state index >= 15 is 0 Å². The molecule has 2 rings (SSSR count). The van der Waals surface area contributed by atoms with E-state index in [2.05, 4.69) is 5.32 Å². The Morgan fingerprint density at radius 2 is 2.33 bits per heavy atom. The summed E-state index contributed by atoms with van der Waals surface area (Å²) in [5.41, 5.74) is 6.79. The number of ether oxygens (including phenoxy) is 1. The summed E-state index contributed by atoms with van der Waals surface area (Å²) in [6, 6.07) is 4.30. The maximum absolute atomic E-state index is 13.1. The number of carbonyl (C=O) groups excluding carboxylic acids is 1. The van der Waals surface area contributed by atoms with Crippen molar-refractivity contribution >= 4 is 11.6 Å². The standard InChI is InChI=1S/C13H17FN2O2/c1-8-2-3-9(14)6-11(8)16-13(17)12-5-4-10(7-15)18-12/h2-3,6,10,12H,4-5,7,15H2,1H3,(H,16,17)/t10-,12+/m1/s1. The summed E-state index contributed by atoms with van der Waals surface area (Å²) in [4.78, 5) is 11.9. The third-order valence-electron chi connectivity index (χ3n) is 3.12. The van der Waals surface area contributed by atoms with Crippen LogP contribution in [0.25, 0.3) is 0 Å². The summed E-state index contributed by atoms with van der Waals surface area (Å²) in [6.45, 7) is 2.23. The highest BCUT2D eigenvalue weighted by Gasteiger charge is 2.30. The molecule has 0 saturated carbocycles. The van der Waals surface area contributed by atoms with Crippen LogP contribution in [-0.2, 0) is 9.53 Å². The Balaban J connectivity index is 2.01. The number of hydrogen-bond acceptors (Lipinski definition) is 3. The molecular weight excluding hydrogens is 235 g/mol. The molecule has 98 valence electrons. The molecule has 4 nitrogen and oxygen atoms in total. The van der Waals surface area contributed by atoms with Crippen LogP contribution in [0, 0.1) is 12.7 Å². The van der Waals surface area contributed by atoms with Gasteiger partial charge in [-0.15, -0.1) is 0 Å². The van der Waals surface area contributed by atoms with Crippen molar-refractivity contribution in [2.45, 2.75) is 32.0 Å². The first kappa shape index (κ1) is 13.0. The Bertz CT molecular complexity index is 451. The summed E-state index contributed by atoms with van der Waals surface area (Å²) in [5.74, 6) is -0.609. The normalized spacial score (nSPS) is 23.1. The lowest BCUT2D eigenvalue weighted by Gasteiger charge is -2.14. The predicted molar refractivity (Wildman–Crippen MR) is 66.7 cm³/mol. The first-order valence-corrected chi connectivity index (χ1v) is 6.02. The molecule has 1 aromatic carbocycles. The first-order valence-electron chi connectivity index (χ1n) is 6.02. The van der Waals surface area contributed by atoms with E-state index in [1.54, 1.807) is 6.07 Å². The van der Waals surface area contributed by atoms with Crippen molar-refractivity contribution in [3.63, 3.8) is 0 Å². The molecule has 1 aromatic rings. The average molecular weight is 252 g/mol. The van der Waals surface area contributed by atoms with Gasteiger partial charge in [0.25, 0.3) is 5.91 Å². The van der Waals surface area contributed by atoms with Gasteiger partial charge in [0.05, 0.1) is 6.10 Å². The van der Waals surface area contributed by atoms with Gasteiger partial charge < -0.3 is 15.8 Å². The number of hydrogen-bond donors (Lipinski definition) is 2. The van der Waals surface area contributed by atoms with Gasteiger partial charge in [-0.05, 0) is 37.5 Å². The third-order valence-corrected chi connectivity index (χ3v) is 3.12. The van der Waals surface area contributed by atoms with Gasteiger partial charge in [0.2, 0.25) is 0 Å². The van der Waals surface area contributed by atoms with E-state index in [-0.39, 0.29) is 17.8 Å². The Labute approximate surface area is 105 Å². The molecule has 1 heterocycles. The van der Waals surface area contributed by atoms with Crippen molar-refractivity contribution in [3.05, 3.63) is 29.6 Å². The summed E-state index contributed by atoms with van der Waals surface area (Å²) in [7, 11) is 0. The molecule has 18 heavy (non-hydrogen) atoms. The zero-order chi connectivity index (χ0) is 13.1. The number of nitrogens with one attached hydrogen (secondary N) is 1. The quantitative estimate of drug-likeness (QED) is 0.858. The zero-order valence-electron chi connectivity index (χ0n) is 10.3. The number of nitrogens with two attached hydrogens (primary N) is 1. The van der Waals surface area contributed by atoms with E-state index in [4.69, 9.17) is 10.5 Å². The van der Waals surface area contributed by atoms with Crippen molar-refractivity contribution in [2.75, 3.05) is 11.9 Å². The van der Waals surface area contributed by atoms with Gasteiger partial charge in [0.15, 0.2) is 0 Å². The summed E-state index contributed by atoms with van der Waals surface area (Å²) in [6.07, 6.45) is 0.911. The molecule has 0 aliphatic carbocycles. The average Bonchev–Trinajstić information content (AvgIpc) is 2.82. The molecule has 1 fully saturated rings. The minimum atomic E-state index is -0.485. The molecule has 0 aromatic heterocycles. The highest BCUT2D eigenvalue weighted by atomic mass is 19.1. The number of halogens is 1. The van der Waals surface area contributed by atoms with Gasteiger partial charge >= 0.3 is 0 Å². The van der Waals surface area contributed by atoms with Crippen LogP contribution < -0.4 is 11.1 Å². The van der Waals surface area contributed by atoms with Crippen LogP contribution in [0.15, 0.2) is 18.2 Å². The monoisotopic (exact) mass is 252 g/mol.